The van der Waals surface area contributed by atoms with E-state index in [1.165, 1.54) is 21.3 Å². The molecule has 0 aromatic heterocycles. The van der Waals surface area contributed by atoms with Crippen LogP contribution in [-0.4, -0.2) is 34.1 Å². The van der Waals surface area contributed by atoms with Crippen LogP contribution in [0.1, 0.15) is 20.8 Å². The van der Waals surface area contributed by atoms with Gasteiger partial charge in [-0.1, -0.05) is 20.8 Å². The molecular formula is C9H20O4. The van der Waals surface area contributed by atoms with Crippen LogP contribution in [-0.2, 0) is 18.9 Å². The van der Waals surface area contributed by atoms with Crippen molar-refractivity contribution in [2.24, 2.45) is 5.41 Å². The summed E-state index contributed by atoms with van der Waals surface area (Å²) in [5.41, 5.74) is 0.0425. The summed E-state index contributed by atoms with van der Waals surface area (Å²) in [6.07, 6.45) is -1.37. The third-order valence-corrected chi connectivity index (χ3v) is 1.43. The van der Waals surface area contributed by atoms with Crippen LogP contribution in [0.4, 0.5) is 0 Å². The van der Waals surface area contributed by atoms with Gasteiger partial charge in [0.15, 0.2) is 0 Å². The highest BCUT2D eigenvalue weighted by molar-refractivity contribution is 4.59. The molecule has 0 amide bonds. The predicted molar refractivity (Wildman–Crippen MR) is 49.2 cm³/mol. The van der Waals surface area contributed by atoms with Gasteiger partial charge in [-0.05, 0) is 5.41 Å². The molecule has 0 aromatic rings. The summed E-state index contributed by atoms with van der Waals surface area (Å²) >= 11 is 0. The molecule has 0 aromatic carbocycles. The van der Waals surface area contributed by atoms with Gasteiger partial charge in [-0.2, -0.15) is 0 Å². The number of methoxy groups -OCH3 is 3. The standard InChI is InChI=1S/C9H20O4/c1-8(2,3)7-13-9(10-4,11-5)12-6/h7H2,1-6H3. The summed E-state index contributed by atoms with van der Waals surface area (Å²) in [4.78, 5) is 0. The van der Waals surface area contributed by atoms with Gasteiger partial charge >= 0.3 is 6.16 Å². The lowest BCUT2D eigenvalue weighted by molar-refractivity contribution is -0.482. The number of ether oxygens (including phenoxy) is 4. The van der Waals surface area contributed by atoms with Gasteiger partial charge in [0, 0.05) is 21.3 Å². The minimum absolute atomic E-state index is 0.0425. The Morgan fingerprint density at radius 3 is 1.46 bits per heavy atom. The first-order valence-electron chi connectivity index (χ1n) is 4.18. The molecule has 0 aliphatic heterocycles. The molecule has 0 saturated heterocycles. The molecular weight excluding hydrogens is 172 g/mol. The molecule has 0 radical (unpaired) electrons. The fraction of sp³-hybridized carbons (Fsp3) is 1.00. The Bertz CT molecular complexity index is 127. The van der Waals surface area contributed by atoms with E-state index in [0.29, 0.717) is 6.61 Å². The molecule has 0 aliphatic rings. The lowest BCUT2D eigenvalue weighted by atomic mass is 9.99. The Balaban J connectivity index is 4.11. The third kappa shape index (κ3) is 4.57. The van der Waals surface area contributed by atoms with Gasteiger partial charge in [0.05, 0.1) is 6.61 Å². The van der Waals surface area contributed by atoms with Crippen LogP contribution in [0.25, 0.3) is 0 Å². The molecule has 0 fully saturated rings. The Kier molecular flexibility index (Phi) is 4.85. The highest BCUT2D eigenvalue weighted by atomic mass is 17.0. The van der Waals surface area contributed by atoms with Crippen LogP contribution in [0, 0.1) is 5.41 Å². The molecule has 0 aliphatic carbocycles. The molecule has 13 heavy (non-hydrogen) atoms. The maximum atomic E-state index is 5.38. The van der Waals surface area contributed by atoms with Crippen molar-refractivity contribution < 1.29 is 18.9 Å². The van der Waals surface area contributed by atoms with Crippen molar-refractivity contribution in [2.45, 2.75) is 26.9 Å². The third-order valence-electron chi connectivity index (χ3n) is 1.43. The summed E-state index contributed by atoms with van der Waals surface area (Å²) < 4.78 is 20.3. The van der Waals surface area contributed by atoms with Crippen molar-refractivity contribution in [3.8, 4) is 0 Å². The largest absolute Gasteiger partial charge is 0.411 e. The van der Waals surface area contributed by atoms with Crippen LogP contribution in [0.5, 0.6) is 0 Å². The van der Waals surface area contributed by atoms with E-state index in [1.807, 2.05) is 0 Å². The lowest BCUT2D eigenvalue weighted by Crippen LogP contribution is -2.41. The highest BCUT2D eigenvalue weighted by Gasteiger charge is 2.33. The SMILES string of the molecule is COC(OC)(OC)OCC(C)(C)C. The van der Waals surface area contributed by atoms with E-state index in [2.05, 4.69) is 20.8 Å². The van der Waals surface area contributed by atoms with E-state index in [0.717, 1.165) is 0 Å². The minimum Gasteiger partial charge on any atom is -0.307 e. The molecule has 0 atom stereocenters. The van der Waals surface area contributed by atoms with Crippen LogP contribution in [0.15, 0.2) is 0 Å². The number of hydrogen-bond acceptors (Lipinski definition) is 4. The van der Waals surface area contributed by atoms with Gasteiger partial charge in [-0.15, -0.1) is 0 Å². The van der Waals surface area contributed by atoms with Gasteiger partial charge in [-0.25, -0.2) is 0 Å². The molecule has 0 spiro atoms. The second-order valence-corrected chi connectivity index (χ2v) is 3.96. The molecule has 80 valence electrons. The van der Waals surface area contributed by atoms with E-state index >= 15 is 0 Å². The quantitative estimate of drug-likeness (QED) is 0.620. The van der Waals surface area contributed by atoms with Crippen molar-refractivity contribution in [3.63, 3.8) is 0 Å². The molecule has 0 rings (SSSR count). The van der Waals surface area contributed by atoms with Crippen LogP contribution < -0.4 is 0 Å². The zero-order valence-electron chi connectivity index (χ0n) is 9.34. The van der Waals surface area contributed by atoms with E-state index in [4.69, 9.17) is 18.9 Å². The van der Waals surface area contributed by atoms with Crippen molar-refractivity contribution in [3.05, 3.63) is 0 Å². The normalized spacial score (nSPS) is 13.4. The van der Waals surface area contributed by atoms with Gasteiger partial charge in [0.25, 0.3) is 0 Å². The highest BCUT2D eigenvalue weighted by Crippen LogP contribution is 2.20. The first-order valence-corrected chi connectivity index (χ1v) is 4.18. The number of rotatable bonds is 5. The summed E-state index contributed by atoms with van der Waals surface area (Å²) in [7, 11) is 4.40. The first kappa shape index (κ1) is 12.8. The summed E-state index contributed by atoms with van der Waals surface area (Å²) in [5.74, 6) is 0. The van der Waals surface area contributed by atoms with E-state index in [1.54, 1.807) is 0 Å². The Hall–Kier alpha value is -0.160. The van der Waals surface area contributed by atoms with Crippen molar-refractivity contribution in [1.82, 2.24) is 0 Å². The molecule has 0 unspecified atom stereocenters. The van der Waals surface area contributed by atoms with Gasteiger partial charge in [0.2, 0.25) is 0 Å². The minimum atomic E-state index is -1.37. The Morgan fingerprint density at radius 2 is 1.23 bits per heavy atom. The first-order chi connectivity index (χ1) is 5.89. The van der Waals surface area contributed by atoms with Gasteiger partial charge in [-0.3, -0.25) is 0 Å². The van der Waals surface area contributed by atoms with Crippen molar-refractivity contribution in [1.29, 1.82) is 0 Å². The monoisotopic (exact) mass is 192 g/mol. The van der Waals surface area contributed by atoms with E-state index in [9.17, 15) is 0 Å². The second kappa shape index (κ2) is 4.91. The molecule has 0 bridgehead atoms. The Morgan fingerprint density at radius 1 is 0.846 bits per heavy atom. The van der Waals surface area contributed by atoms with Crippen LogP contribution in [0.3, 0.4) is 0 Å². The van der Waals surface area contributed by atoms with Gasteiger partial charge < -0.3 is 18.9 Å². The molecule has 0 heterocycles. The fourth-order valence-electron chi connectivity index (χ4n) is 0.732. The fourth-order valence-corrected chi connectivity index (χ4v) is 0.732. The topological polar surface area (TPSA) is 36.9 Å². The average molecular weight is 192 g/mol. The average Bonchev–Trinajstić information content (AvgIpc) is 2.06. The zero-order valence-corrected chi connectivity index (χ0v) is 9.34. The maximum Gasteiger partial charge on any atom is 0.411 e. The zero-order chi connectivity index (χ0) is 10.5. The van der Waals surface area contributed by atoms with Crippen LogP contribution in [0.2, 0.25) is 0 Å². The van der Waals surface area contributed by atoms with Crippen molar-refractivity contribution in [2.75, 3.05) is 27.9 Å². The van der Waals surface area contributed by atoms with Gasteiger partial charge in [0.1, 0.15) is 0 Å². The molecule has 0 N–H and O–H groups in total. The molecule has 4 nitrogen and oxygen atoms in total. The van der Waals surface area contributed by atoms with Crippen molar-refractivity contribution >= 4 is 0 Å². The molecule has 4 heteroatoms. The van der Waals surface area contributed by atoms with E-state index < -0.39 is 6.16 Å². The summed E-state index contributed by atoms with van der Waals surface area (Å²) in [5, 5.41) is 0. The van der Waals surface area contributed by atoms with Crippen LogP contribution >= 0.6 is 0 Å². The maximum absolute atomic E-state index is 5.38. The Labute approximate surface area is 80.1 Å². The molecule has 0 saturated carbocycles. The predicted octanol–water partition coefficient (Wildman–Crippen LogP) is 1.60. The number of hydrogen-bond donors (Lipinski definition) is 0. The smallest absolute Gasteiger partial charge is 0.307 e. The lowest BCUT2D eigenvalue weighted by Gasteiger charge is -2.30. The summed E-state index contributed by atoms with van der Waals surface area (Å²) in [6, 6.07) is 0. The van der Waals surface area contributed by atoms with E-state index in [-0.39, 0.29) is 5.41 Å². The summed E-state index contributed by atoms with van der Waals surface area (Å²) in [6.45, 7) is 6.65. The second-order valence-electron chi connectivity index (χ2n) is 3.96.